The first-order valence-electron chi connectivity index (χ1n) is 5.79. The van der Waals surface area contributed by atoms with Crippen molar-refractivity contribution in [3.8, 4) is 0 Å². The van der Waals surface area contributed by atoms with Crippen molar-refractivity contribution in [1.29, 1.82) is 0 Å². The zero-order chi connectivity index (χ0) is 15.6. The Morgan fingerprint density at radius 3 is 2.71 bits per heavy atom. The Morgan fingerprint density at radius 1 is 1.43 bits per heavy atom. The van der Waals surface area contributed by atoms with Gasteiger partial charge in [0.2, 0.25) is 0 Å². The van der Waals surface area contributed by atoms with Crippen LogP contribution in [0, 0.1) is 22.9 Å². The molecule has 0 aliphatic carbocycles. The van der Waals surface area contributed by atoms with Crippen molar-refractivity contribution in [3.63, 3.8) is 0 Å². The zero-order valence-electron chi connectivity index (χ0n) is 10.8. The molecule has 0 bridgehead atoms. The Labute approximate surface area is 118 Å². The van der Waals surface area contributed by atoms with Gasteiger partial charge in [-0.2, -0.15) is 0 Å². The van der Waals surface area contributed by atoms with Crippen LogP contribution in [-0.2, 0) is 0 Å². The third-order valence-corrected chi connectivity index (χ3v) is 2.75. The van der Waals surface area contributed by atoms with Crippen LogP contribution >= 0.6 is 0 Å². The number of aromatic nitrogens is 1. The van der Waals surface area contributed by atoms with Crippen LogP contribution < -0.4 is 5.32 Å². The van der Waals surface area contributed by atoms with E-state index in [0.29, 0.717) is 11.3 Å². The largest absolute Gasteiger partial charge is 0.477 e. The van der Waals surface area contributed by atoms with E-state index < -0.39 is 28.0 Å². The molecule has 2 aromatic rings. The second kappa shape index (κ2) is 5.53. The van der Waals surface area contributed by atoms with Gasteiger partial charge >= 0.3 is 11.7 Å². The SMILES string of the molecule is Cc1ccc(Nc2cc(C(=O)O)c([N+](=O)[O-])cn2)cc1F. The van der Waals surface area contributed by atoms with E-state index in [2.05, 4.69) is 10.3 Å². The van der Waals surface area contributed by atoms with Gasteiger partial charge in [0.05, 0.1) is 4.92 Å². The van der Waals surface area contributed by atoms with Crippen LogP contribution in [0.25, 0.3) is 0 Å². The van der Waals surface area contributed by atoms with Gasteiger partial charge in [-0.25, -0.2) is 14.2 Å². The molecule has 0 aliphatic rings. The molecule has 0 fully saturated rings. The van der Waals surface area contributed by atoms with Gasteiger partial charge in [0.1, 0.15) is 23.4 Å². The summed E-state index contributed by atoms with van der Waals surface area (Å²) in [5.74, 6) is -1.80. The summed E-state index contributed by atoms with van der Waals surface area (Å²) >= 11 is 0. The van der Waals surface area contributed by atoms with Crippen LogP contribution in [0.4, 0.5) is 21.6 Å². The first-order valence-corrected chi connectivity index (χ1v) is 5.79. The number of aryl methyl sites for hydroxylation is 1. The minimum atomic E-state index is -1.44. The maximum Gasteiger partial charge on any atom is 0.342 e. The van der Waals surface area contributed by atoms with Gasteiger partial charge in [-0.3, -0.25) is 10.1 Å². The van der Waals surface area contributed by atoms with Crippen LogP contribution in [0.15, 0.2) is 30.5 Å². The van der Waals surface area contributed by atoms with E-state index in [1.807, 2.05) is 0 Å². The van der Waals surface area contributed by atoms with Crippen LogP contribution in [-0.4, -0.2) is 21.0 Å². The van der Waals surface area contributed by atoms with E-state index in [1.54, 1.807) is 19.1 Å². The number of carboxylic acid groups (broad SMARTS) is 1. The molecule has 8 heteroatoms. The summed E-state index contributed by atoms with van der Waals surface area (Å²) in [4.78, 5) is 24.6. The van der Waals surface area contributed by atoms with Crippen LogP contribution in [0.3, 0.4) is 0 Å². The third-order valence-electron chi connectivity index (χ3n) is 2.75. The molecule has 108 valence electrons. The lowest BCUT2D eigenvalue weighted by molar-refractivity contribution is -0.385. The number of halogens is 1. The quantitative estimate of drug-likeness (QED) is 0.662. The van der Waals surface area contributed by atoms with E-state index in [1.165, 1.54) is 6.07 Å². The molecule has 0 saturated heterocycles. The monoisotopic (exact) mass is 291 g/mol. The lowest BCUT2D eigenvalue weighted by atomic mass is 10.2. The number of nitrogens with zero attached hydrogens (tertiary/aromatic N) is 2. The number of carbonyl (C=O) groups is 1. The molecular weight excluding hydrogens is 281 g/mol. The number of pyridine rings is 1. The predicted octanol–water partition coefficient (Wildman–Crippen LogP) is 2.88. The minimum absolute atomic E-state index is 0.0706. The van der Waals surface area contributed by atoms with Crippen molar-refractivity contribution < 1.29 is 19.2 Å². The number of aromatic carboxylic acids is 1. The molecule has 0 aliphatic heterocycles. The summed E-state index contributed by atoms with van der Waals surface area (Å²) in [5.41, 5.74) is -0.285. The predicted molar refractivity (Wildman–Crippen MR) is 72.3 cm³/mol. The van der Waals surface area contributed by atoms with Crippen molar-refractivity contribution in [1.82, 2.24) is 4.98 Å². The highest BCUT2D eigenvalue weighted by Crippen LogP contribution is 2.23. The molecule has 21 heavy (non-hydrogen) atoms. The Balaban J connectivity index is 2.36. The number of nitro groups is 1. The number of anilines is 2. The molecule has 0 unspecified atom stereocenters. The molecule has 1 aromatic carbocycles. The van der Waals surface area contributed by atoms with Crippen LogP contribution in [0.2, 0.25) is 0 Å². The van der Waals surface area contributed by atoms with Gasteiger partial charge in [-0.15, -0.1) is 0 Å². The Hall–Kier alpha value is -3.03. The molecule has 0 saturated carbocycles. The van der Waals surface area contributed by atoms with Crippen molar-refractivity contribution >= 4 is 23.2 Å². The van der Waals surface area contributed by atoms with Gasteiger partial charge < -0.3 is 10.4 Å². The summed E-state index contributed by atoms with van der Waals surface area (Å²) in [5, 5.41) is 22.4. The summed E-state index contributed by atoms with van der Waals surface area (Å²) < 4.78 is 13.4. The highest BCUT2D eigenvalue weighted by molar-refractivity contribution is 5.93. The van der Waals surface area contributed by atoms with E-state index >= 15 is 0 Å². The molecule has 1 aromatic heterocycles. The van der Waals surface area contributed by atoms with Gasteiger partial charge in [-0.05, 0) is 24.6 Å². The molecule has 0 atom stereocenters. The lowest BCUT2D eigenvalue weighted by Crippen LogP contribution is -2.05. The van der Waals surface area contributed by atoms with Crippen molar-refractivity contribution in [3.05, 3.63) is 57.5 Å². The molecule has 0 spiro atoms. The second-order valence-electron chi connectivity index (χ2n) is 4.24. The molecule has 2 rings (SSSR count). The number of carboxylic acids is 1. The smallest absolute Gasteiger partial charge is 0.342 e. The number of hydrogen-bond donors (Lipinski definition) is 2. The third kappa shape index (κ3) is 3.11. The number of rotatable bonds is 4. The fourth-order valence-electron chi connectivity index (χ4n) is 1.65. The van der Waals surface area contributed by atoms with Gasteiger partial charge in [0.15, 0.2) is 0 Å². The highest BCUT2D eigenvalue weighted by atomic mass is 19.1. The highest BCUT2D eigenvalue weighted by Gasteiger charge is 2.21. The Bertz CT molecular complexity index is 733. The average Bonchev–Trinajstić information content (AvgIpc) is 2.42. The summed E-state index contributed by atoms with van der Waals surface area (Å²) in [6.45, 7) is 1.60. The molecule has 0 radical (unpaired) electrons. The lowest BCUT2D eigenvalue weighted by Gasteiger charge is -2.07. The van der Waals surface area contributed by atoms with Gasteiger partial charge in [-0.1, -0.05) is 6.07 Å². The normalized spacial score (nSPS) is 10.2. The molecular formula is C13H10FN3O4. The van der Waals surface area contributed by atoms with Crippen molar-refractivity contribution in [2.45, 2.75) is 6.92 Å². The Morgan fingerprint density at radius 2 is 2.14 bits per heavy atom. The topological polar surface area (TPSA) is 105 Å². The number of nitrogens with one attached hydrogen (secondary N) is 1. The maximum atomic E-state index is 13.4. The van der Waals surface area contributed by atoms with Crippen LogP contribution in [0.5, 0.6) is 0 Å². The fourth-order valence-corrected chi connectivity index (χ4v) is 1.65. The first kappa shape index (κ1) is 14.4. The zero-order valence-corrected chi connectivity index (χ0v) is 10.8. The fraction of sp³-hybridized carbons (Fsp3) is 0.0769. The van der Waals surface area contributed by atoms with Crippen molar-refractivity contribution in [2.24, 2.45) is 0 Å². The number of hydrogen-bond acceptors (Lipinski definition) is 5. The average molecular weight is 291 g/mol. The van der Waals surface area contributed by atoms with E-state index in [0.717, 1.165) is 12.3 Å². The van der Waals surface area contributed by atoms with E-state index in [9.17, 15) is 19.3 Å². The maximum absolute atomic E-state index is 13.4. The Kier molecular flexibility index (Phi) is 3.79. The molecule has 2 N–H and O–H groups in total. The van der Waals surface area contributed by atoms with E-state index in [-0.39, 0.29) is 5.82 Å². The molecule has 7 nitrogen and oxygen atoms in total. The first-order chi connectivity index (χ1) is 9.88. The van der Waals surface area contributed by atoms with Crippen LogP contribution in [0.1, 0.15) is 15.9 Å². The minimum Gasteiger partial charge on any atom is -0.477 e. The van der Waals surface area contributed by atoms with Gasteiger partial charge in [0.25, 0.3) is 0 Å². The standard InChI is InChI=1S/C13H10FN3O4/c1-7-2-3-8(4-10(7)14)16-12-5-9(13(18)19)11(6-15-12)17(20)21/h2-6H,1H3,(H,15,16)(H,18,19). The summed E-state index contributed by atoms with van der Waals surface area (Å²) in [6.07, 6.45) is 0.844. The number of benzene rings is 1. The molecule has 1 heterocycles. The van der Waals surface area contributed by atoms with Crippen molar-refractivity contribution in [2.75, 3.05) is 5.32 Å². The molecule has 0 amide bonds. The summed E-state index contributed by atoms with van der Waals surface area (Å²) in [7, 11) is 0. The van der Waals surface area contributed by atoms with E-state index in [4.69, 9.17) is 5.11 Å². The second-order valence-corrected chi connectivity index (χ2v) is 4.24. The summed E-state index contributed by atoms with van der Waals surface area (Å²) in [6, 6.07) is 5.38. The van der Waals surface area contributed by atoms with Gasteiger partial charge in [0, 0.05) is 11.8 Å².